The summed E-state index contributed by atoms with van der Waals surface area (Å²) in [6.45, 7) is 1.37. The molecule has 1 heterocycles. The minimum absolute atomic E-state index is 0.0317. The Kier molecular flexibility index (Phi) is 6.04. The van der Waals surface area contributed by atoms with Crippen LogP contribution in [0.15, 0.2) is 24.3 Å². The zero-order chi connectivity index (χ0) is 16.9. The second-order valence-electron chi connectivity index (χ2n) is 6.13. The fourth-order valence-corrected chi connectivity index (χ4v) is 2.94. The number of rotatable bonds is 5. The van der Waals surface area contributed by atoms with Crippen molar-refractivity contribution in [3.05, 3.63) is 35.4 Å². The van der Waals surface area contributed by atoms with E-state index in [1.165, 1.54) is 12.5 Å². The molecule has 0 saturated carbocycles. The van der Waals surface area contributed by atoms with E-state index in [1.54, 1.807) is 6.07 Å². The lowest BCUT2D eigenvalue weighted by Gasteiger charge is -2.31. The van der Waals surface area contributed by atoms with E-state index in [2.05, 4.69) is 10.2 Å². The Hall–Kier alpha value is -1.56. The van der Waals surface area contributed by atoms with Gasteiger partial charge < -0.3 is 10.2 Å². The minimum Gasteiger partial charge on any atom is -0.356 e. The molecule has 128 valence electrons. The van der Waals surface area contributed by atoms with Gasteiger partial charge in [-0.05, 0) is 44.5 Å². The smallest absolute Gasteiger partial charge is 0.356 e. The highest BCUT2D eigenvalue weighted by atomic mass is 19.4. The molecule has 23 heavy (non-hydrogen) atoms. The summed E-state index contributed by atoms with van der Waals surface area (Å²) in [4.78, 5) is 14.2. The van der Waals surface area contributed by atoms with Crippen molar-refractivity contribution < 1.29 is 18.0 Å². The third-order valence-electron chi connectivity index (χ3n) is 4.33. The summed E-state index contributed by atoms with van der Waals surface area (Å²) in [5, 5.41) is 2.81. The molecule has 0 spiro atoms. The predicted octanol–water partition coefficient (Wildman–Crippen LogP) is 3.24. The summed E-state index contributed by atoms with van der Waals surface area (Å²) < 4.78 is 37.9. The number of carbonyl (C=O) groups is 1. The van der Waals surface area contributed by atoms with Gasteiger partial charge in [0.05, 0.1) is 5.56 Å². The van der Waals surface area contributed by atoms with Crippen LogP contribution in [0.25, 0.3) is 0 Å². The van der Waals surface area contributed by atoms with Gasteiger partial charge in [0.25, 0.3) is 0 Å². The van der Waals surface area contributed by atoms with Gasteiger partial charge in [0.1, 0.15) is 0 Å². The van der Waals surface area contributed by atoms with E-state index >= 15 is 0 Å². The monoisotopic (exact) mass is 328 g/mol. The molecule has 1 saturated heterocycles. The molecule has 0 bridgehead atoms. The first-order valence-electron chi connectivity index (χ1n) is 7.99. The van der Waals surface area contributed by atoms with Crippen LogP contribution in [0.3, 0.4) is 0 Å². The Morgan fingerprint density at radius 1 is 1.35 bits per heavy atom. The molecule has 1 aromatic rings. The fraction of sp³-hybridized carbons (Fsp3) is 0.588. The topological polar surface area (TPSA) is 32.3 Å². The number of carbonyl (C=O) groups excluding carboxylic acids is 1. The van der Waals surface area contributed by atoms with Crippen molar-refractivity contribution in [1.82, 2.24) is 10.2 Å². The van der Waals surface area contributed by atoms with Crippen LogP contribution in [0.2, 0.25) is 0 Å². The number of benzene rings is 1. The standard InChI is InChI=1S/C17H23F3N2O/c1-22-10-3-2-7-15(22)12-16(23)21-9-8-13-5-4-6-14(11-13)17(18,19)20/h4-6,11,15H,2-3,7-10,12H2,1H3,(H,21,23)/t15-/m0/s1. The molecule has 1 aromatic carbocycles. The van der Waals surface area contributed by atoms with Gasteiger partial charge in [-0.1, -0.05) is 24.6 Å². The average molecular weight is 328 g/mol. The fourth-order valence-electron chi connectivity index (χ4n) is 2.94. The van der Waals surface area contributed by atoms with Crippen molar-refractivity contribution in [1.29, 1.82) is 0 Å². The number of amides is 1. The number of nitrogens with zero attached hydrogens (tertiary/aromatic N) is 1. The molecule has 1 fully saturated rings. The third kappa shape index (κ3) is 5.53. The maximum atomic E-state index is 12.6. The summed E-state index contributed by atoms with van der Waals surface area (Å²) in [7, 11) is 2.03. The van der Waals surface area contributed by atoms with Gasteiger partial charge >= 0.3 is 6.18 Å². The Labute approximate surface area is 134 Å². The van der Waals surface area contributed by atoms with E-state index in [9.17, 15) is 18.0 Å². The van der Waals surface area contributed by atoms with E-state index in [-0.39, 0.29) is 11.9 Å². The van der Waals surface area contributed by atoms with Crippen LogP contribution in [-0.4, -0.2) is 37.0 Å². The molecule has 1 amide bonds. The summed E-state index contributed by atoms with van der Waals surface area (Å²) in [5.41, 5.74) is -0.0694. The molecule has 0 aliphatic carbocycles. The SMILES string of the molecule is CN1CCCC[C@H]1CC(=O)NCCc1cccc(C(F)(F)F)c1. The summed E-state index contributed by atoms with van der Waals surface area (Å²) in [5.74, 6) is -0.0317. The molecule has 6 heteroatoms. The highest BCUT2D eigenvalue weighted by Gasteiger charge is 2.30. The van der Waals surface area contributed by atoms with Gasteiger partial charge in [-0.2, -0.15) is 13.2 Å². The van der Waals surface area contributed by atoms with Crippen molar-refractivity contribution in [2.24, 2.45) is 0 Å². The zero-order valence-electron chi connectivity index (χ0n) is 13.3. The van der Waals surface area contributed by atoms with Crippen LogP contribution in [0.1, 0.15) is 36.8 Å². The zero-order valence-corrected chi connectivity index (χ0v) is 13.3. The molecular formula is C17H23F3N2O. The molecule has 2 rings (SSSR count). The highest BCUT2D eigenvalue weighted by molar-refractivity contribution is 5.76. The highest BCUT2D eigenvalue weighted by Crippen LogP contribution is 2.29. The van der Waals surface area contributed by atoms with Crippen LogP contribution in [-0.2, 0) is 17.4 Å². The number of nitrogens with one attached hydrogen (secondary N) is 1. The summed E-state index contributed by atoms with van der Waals surface area (Å²) >= 11 is 0. The van der Waals surface area contributed by atoms with Gasteiger partial charge in [-0.15, -0.1) is 0 Å². The molecule has 0 radical (unpaired) electrons. The van der Waals surface area contributed by atoms with E-state index in [0.29, 0.717) is 24.9 Å². The Morgan fingerprint density at radius 3 is 2.83 bits per heavy atom. The van der Waals surface area contributed by atoms with Crippen molar-refractivity contribution in [2.75, 3.05) is 20.1 Å². The molecule has 1 aliphatic heterocycles. The first-order chi connectivity index (χ1) is 10.9. The first-order valence-corrected chi connectivity index (χ1v) is 7.99. The van der Waals surface area contributed by atoms with E-state index in [0.717, 1.165) is 31.5 Å². The quantitative estimate of drug-likeness (QED) is 0.900. The predicted molar refractivity (Wildman–Crippen MR) is 83.0 cm³/mol. The lowest BCUT2D eigenvalue weighted by atomic mass is 10.00. The number of halogens is 3. The van der Waals surface area contributed by atoms with Gasteiger partial charge in [0, 0.05) is 19.0 Å². The number of likely N-dealkylation sites (tertiary alicyclic amines) is 1. The average Bonchev–Trinajstić information content (AvgIpc) is 2.49. The normalized spacial score (nSPS) is 19.6. The van der Waals surface area contributed by atoms with Gasteiger partial charge in [-0.3, -0.25) is 4.79 Å². The Morgan fingerprint density at radius 2 is 2.13 bits per heavy atom. The Balaban J connectivity index is 1.77. The molecule has 1 N–H and O–H groups in total. The van der Waals surface area contributed by atoms with Crippen LogP contribution in [0, 0.1) is 0 Å². The van der Waals surface area contributed by atoms with Crippen molar-refractivity contribution in [3.8, 4) is 0 Å². The van der Waals surface area contributed by atoms with Crippen LogP contribution >= 0.6 is 0 Å². The molecule has 1 aliphatic rings. The van der Waals surface area contributed by atoms with Crippen molar-refractivity contribution >= 4 is 5.91 Å². The largest absolute Gasteiger partial charge is 0.416 e. The van der Waals surface area contributed by atoms with Crippen molar-refractivity contribution in [2.45, 2.75) is 44.3 Å². The molecule has 3 nitrogen and oxygen atoms in total. The van der Waals surface area contributed by atoms with E-state index < -0.39 is 11.7 Å². The van der Waals surface area contributed by atoms with Gasteiger partial charge in [0.2, 0.25) is 5.91 Å². The second-order valence-corrected chi connectivity index (χ2v) is 6.13. The lowest BCUT2D eigenvalue weighted by molar-refractivity contribution is -0.137. The van der Waals surface area contributed by atoms with Crippen LogP contribution < -0.4 is 5.32 Å². The number of piperidine rings is 1. The van der Waals surface area contributed by atoms with Crippen molar-refractivity contribution in [3.63, 3.8) is 0 Å². The van der Waals surface area contributed by atoms with E-state index in [1.807, 2.05) is 7.05 Å². The van der Waals surface area contributed by atoms with Gasteiger partial charge in [0.15, 0.2) is 0 Å². The molecule has 1 atom stereocenters. The maximum absolute atomic E-state index is 12.6. The summed E-state index contributed by atoms with van der Waals surface area (Å²) in [6, 6.07) is 5.52. The summed E-state index contributed by atoms with van der Waals surface area (Å²) in [6.07, 6.45) is -0.131. The number of hydrogen-bond donors (Lipinski definition) is 1. The van der Waals surface area contributed by atoms with Gasteiger partial charge in [-0.25, -0.2) is 0 Å². The minimum atomic E-state index is -4.33. The number of hydrogen-bond acceptors (Lipinski definition) is 2. The third-order valence-corrected chi connectivity index (χ3v) is 4.33. The van der Waals surface area contributed by atoms with Crippen LogP contribution in [0.4, 0.5) is 13.2 Å². The lowest BCUT2D eigenvalue weighted by Crippen LogP contribution is -2.40. The molecular weight excluding hydrogens is 305 g/mol. The molecule has 0 aromatic heterocycles. The number of alkyl halides is 3. The Bertz CT molecular complexity index is 531. The van der Waals surface area contributed by atoms with Crippen LogP contribution in [0.5, 0.6) is 0 Å². The maximum Gasteiger partial charge on any atom is 0.416 e. The van der Waals surface area contributed by atoms with E-state index in [4.69, 9.17) is 0 Å². The second kappa shape index (κ2) is 7.81. The molecule has 0 unspecified atom stereocenters. The first kappa shape index (κ1) is 17.8.